The summed E-state index contributed by atoms with van der Waals surface area (Å²) in [7, 11) is 0. The Bertz CT molecular complexity index is 2410. The van der Waals surface area contributed by atoms with Gasteiger partial charge in [0.05, 0.1) is 31.2 Å². The minimum absolute atomic E-state index is 0.00923. The fraction of sp³-hybridized carbons (Fsp3) is 0.239. The van der Waals surface area contributed by atoms with Crippen molar-refractivity contribution < 1.29 is 33.8 Å². The van der Waals surface area contributed by atoms with Crippen LogP contribution in [0.3, 0.4) is 0 Å². The second-order valence-corrected chi connectivity index (χ2v) is 14.5. The van der Waals surface area contributed by atoms with E-state index >= 15 is 9.59 Å². The Morgan fingerprint density at radius 2 is 1.61 bits per heavy atom. The standard InChI is InChI=1S/C46H42N6O7/c47-45(57)50-24-9-10-29-16-21-36-35(28-29)46(44(56)51-36)37(42(54)49-25-22-33-15-7-8-23-48-33)39-43(55)59-40(31-13-5-2-6-14-31)38(30-11-3-1-4-12-30)52(39)41(46)32-17-19-34(20-18-32)58-27-26-53/h1-8,11-21,23,28,37-41,53H,22,24-27H2,(H,49,54)(H,51,56)(H3,47,50,57)/t37-,38-,39-,40+,41+,46-/m0/s1. The predicted molar refractivity (Wildman–Crippen MR) is 218 cm³/mol. The van der Waals surface area contributed by atoms with Gasteiger partial charge in [-0.2, -0.15) is 0 Å². The number of fused-ring (bicyclic) bond motifs is 3. The number of morpholine rings is 1. The van der Waals surface area contributed by atoms with Crippen LogP contribution in [0.25, 0.3) is 0 Å². The molecular formula is C46H42N6O7. The van der Waals surface area contributed by atoms with Gasteiger partial charge in [0.2, 0.25) is 11.8 Å². The average Bonchev–Trinajstić information content (AvgIpc) is 3.74. The van der Waals surface area contributed by atoms with Crippen LogP contribution in [0.5, 0.6) is 5.75 Å². The summed E-state index contributed by atoms with van der Waals surface area (Å²) in [6.45, 7) is 0.0809. The van der Waals surface area contributed by atoms with E-state index in [1.165, 1.54) is 0 Å². The number of aromatic nitrogens is 1. The number of anilines is 1. The van der Waals surface area contributed by atoms with Gasteiger partial charge in [-0.15, -0.1) is 0 Å². The lowest BCUT2D eigenvalue weighted by molar-refractivity contribution is -0.178. The summed E-state index contributed by atoms with van der Waals surface area (Å²) < 4.78 is 12.2. The number of nitrogens with one attached hydrogen (secondary N) is 3. The highest BCUT2D eigenvalue weighted by Crippen LogP contribution is 2.64. The average molecular weight is 791 g/mol. The number of benzene rings is 4. The molecule has 1 spiro atoms. The number of urea groups is 1. The number of esters is 1. The maximum absolute atomic E-state index is 15.3. The van der Waals surface area contributed by atoms with Crippen LogP contribution in [-0.4, -0.2) is 71.2 Å². The third kappa shape index (κ3) is 7.36. The van der Waals surface area contributed by atoms with E-state index in [0.29, 0.717) is 34.5 Å². The number of ether oxygens (including phenoxy) is 2. The third-order valence-electron chi connectivity index (χ3n) is 11.1. The van der Waals surface area contributed by atoms with Gasteiger partial charge in [0, 0.05) is 36.1 Å². The monoisotopic (exact) mass is 790 g/mol. The smallest absolute Gasteiger partial charge is 0.324 e. The molecule has 13 nitrogen and oxygen atoms in total. The van der Waals surface area contributed by atoms with E-state index in [-0.39, 0.29) is 26.3 Å². The quantitative estimate of drug-likeness (QED) is 0.0971. The number of aliphatic hydroxyl groups is 1. The van der Waals surface area contributed by atoms with E-state index in [2.05, 4.69) is 32.8 Å². The molecule has 298 valence electrons. The summed E-state index contributed by atoms with van der Waals surface area (Å²) >= 11 is 0. The van der Waals surface area contributed by atoms with Crippen LogP contribution in [0.2, 0.25) is 0 Å². The van der Waals surface area contributed by atoms with Crippen molar-refractivity contribution in [2.75, 3.05) is 31.6 Å². The Balaban J connectivity index is 1.36. The molecule has 4 amide bonds. The number of hydrogen-bond donors (Lipinski definition) is 5. The minimum atomic E-state index is -1.72. The number of cyclic esters (lactones) is 1. The lowest BCUT2D eigenvalue weighted by Gasteiger charge is -2.46. The first-order valence-corrected chi connectivity index (χ1v) is 19.4. The molecule has 4 heterocycles. The molecule has 3 aliphatic heterocycles. The van der Waals surface area contributed by atoms with Crippen LogP contribution in [0, 0.1) is 17.8 Å². The summed E-state index contributed by atoms with van der Waals surface area (Å²) in [6.07, 6.45) is 1.27. The molecule has 5 aromatic rings. The van der Waals surface area contributed by atoms with Crippen molar-refractivity contribution in [1.29, 1.82) is 0 Å². The largest absolute Gasteiger partial charge is 0.491 e. The number of aliphatic hydroxyl groups excluding tert-OH is 1. The van der Waals surface area contributed by atoms with Crippen LogP contribution >= 0.6 is 0 Å². The fourth-order valence-corrected chi connectivity index (χ4v) is 8.83. The first-order chi connectivity index (χ1) is 28.8. The third-order valence-corrected chi connectivity index (χ3v) is 11.1. The lowest BCUT2D eigenvalue weighted by atomic mass is 9.65. The maximum Gasteiger partial charge on any atom is 0.324 e. The van der Waals surface area contributed by atoms with Gasteiger partial charge in [-0.3, -0.25) is 24.3 Å². The normalized spacial score (nSPS) is 22.9. The summed E-state index contributed by atoms with van der Waals surface area (Å²) in [5.74, 6) is 3.53. The number of carbonyl (C=O) groups is 4. The summed E-state index contributed by atoms with van der Waals surface area (Å²) in [5, 5.41) is 18.1. The van der Waals surface area contributed by atoms with Crippen LogP contribution < -0.4 is 26.4 Å². The van der Waals surface area contributed by atoms with Gasteiger partial charge in [0.25, 0.3) is 0 Å². The molecule has 0 saturated carbocycles. The van der Waals surface area contributed by atoms with Crippen molar-refractivity contribution in [2.24, 2.45) is 11.7 Å². The van der Waals surface area contributed by atoms with Gasteiger partial charge in [-0.1, -0.05) is 90.7 Å². The highest BCUT2D eigenvalue weighted by Gasteiger charge is 2.74. The van der Waals surface area contributed by atoms with Gasteiger partial charge in [-0.05, 0) is 64.7 Å². The number of primary amides is 1. The number of amides is 4. The van der Waals surface area contributed by atoms with Gasteiger partial charge in [-0.25, -0.2) is 4.79 Å². The molecule has 2 fully saturated rings. The molecule has 2 saturated heterocycles. The van der Waals surface area contributed by atoms with Gasteiger partial charge >= 0.3 is 12.0 Å². The van der Waals surface area contributed by atoms with E-state index in [0.717, 1.165) is 16.8 Å². The molecular weight excluding hydrogens is 749 g/mol. The predicted octanol–water partition coefficient (Wildman–Crippen LogP) is 4.10. The van der Waals surface area contributed by atoms with E-state index in [1.54, 1.807) is 36.5 Å². The molecule has 3 aliphatic rings. The molecule has 6 N–H and O–H groups in total. The number of rotatable bonds is 11. The fourth-order valence-electron chi connectivity index (χ4n) is 8.83. The minimum Gasteiger partial charge on any atom is -0.491 e. The Labute approximate surface area is 340 Å². The van der Waals surface area contributed by atoms with E-state index in [9.17, 15) is 14.7 Å². The Morgan fingerprint density at radius 3 is 2.31 bits per heavy atom. The van der Waals surface area contributed by atoms with Crippen molar-refractivity contribution >= 4 is 29.5 Å². The number of hydrogen-bond acceptors (Lipinski definition) is 9. The van der Waals surface area contributed by atoms with Crippen molar-refractivity contribution in [1.82, 2.24) is 20.5 Å². The summed E-state index contributed by atoms with van der Waals surface area (Å²) in [5.41, 5.74) is 7.98. The lowest BCUT2D eigenvalue weighted by Crippen LogP contribution is -2.55. The van der Waals surface area contributed by atoms with E-state index < -0.39 is 59.4 Å². The number of carbonyl (C=O) groups excluding carboxylic acids is 4. The van der Waals surface area contributed by atoms with Crippen molar-refractivity contribution in [3.8, 4) is 17.6 Å². The highest BCUT2D eigenvalue weighted by molar-refractivity contribution is 6.12. The summed E-state index contributed by atoms with van der Waals surface area (Å²) in [4.78, 5) is 63.2. The Morgan fingerprint density at radius 1 is 0.881 bits per heavy atom. The first kappa shape index (κ1) is 38.8. The molecule has 0 unspecified atom stereocenters. The number of nitrogens with zero attached hydrogens (tertiary/aromatic N) is 2. The zero-order valence-electron chi connectivity index (χ0n) is 31.9. The van der Waals surface area contributed by atoms with Gasteiger partial charge in [0.15, 0.2) is 0 Å². The topological polar surface area (TPSA) is 185 Å². The summed E-state index contributed by atoms with van der Waals surface area (Å²) in [6, 6.07) is 33.5. The SMILES string of the molecule is NC(=O)NCC#Cc1ccc2c(c1)[C@]1(C(=O)N2)[C@H](C(=O)NCCc2ccccn2)[C@H]2C(=O)O[C@H](c3ccccc3)[C@H](c3ccccc3)N2[C@@H]1c1ccc(OCCO)cc1. The Hall–Kier alpha value is -7.01. The zero-order valence-corrected chi connectivity index (χ0v) is 31.9. The van der Waals surface area contributed by atoms with E-state index in [1.807, 2.05) is 95.9 Å². The molecule has 0 radical (unpaired) electrons. The van der Waals surface area contributed by atoms with E-state index in [4.69, 9.17) is 15.2 Å². The van der Waals surface area contributed by atoms with Gasteiger partial charge < -0.3 is 36.3 Å². The Kier molecular flexibility index (Phi) is 11.1. The van der Waals surface area contributed by atoms with Crippen LogP contribution in [0.4, 0.5) is 10.5 Å². The molecule has 6 atom stereocenters. The second kappa shape index (κ2) is 16.8. The number of pyridine rings is 1. The van der Waals surface area contributed by atoms with Crippen molar-refractivity contribution in [2.45, 2.75) is 36.1 Å². The molecule has 8 rings (SSSR count). The molecule has 13 heteroatoms. The van der Waals surface area contributed by atoms with Crippen LogP contribution in [0.15, 0.2) is 128 Å². The molecule has 0 bridgehead atoms. The van der Waals surface area contributed by atoms with Crippen molar-refractivity contribution in [3.63, 3.8) is 0 Å². The first-order valence-electron chi connectivity index (χ1n) is 19.4. The van der Waals surface area contributed by atoms with Crippen LogP contribution in [0.1, 0.15) is 51.7 Å². The molecule has 4 aromatic carbocycles. The van der Waals surface area contributed by atoms with Crippen molar-refractivity contribution in [3.05, 3.63) is 161 Å². The highest BCUT2D eigenvalue weighted by atomic mass is 16.6. The maximum atomic E-state index is 15.3. The number of nitrogens with two attached hydrogens (primary N) is 1. The molecule has 59 heavy (non-hydrogen) atoms. The molecule has 0 aliphatic carbocycles. The second-order valence-electron chi connectivity index (χ2n) is 14.5. The van der Waals surface area contributed by atoms with Crippen LogP contribution in [-0.2, 0) is 31.0 Å². The molecule has 1 aromatic heterocycles. The van der Waals surface area contributed by atoms with Gasteiger partial charge in [0.1, 0.15) is 29.9 Å². The zero-order chi connectivity index (χ0) is 40.9.